The number of rotatable bonds is 5. The molecule has 7 heteroatoms. The number of aryl methyl sites for hydroxylation is 1. The third kappa shape index (κ3) is 5.23. The first-order chi connectivity index (χ1) is 14.2. The fraction of sp³-hybridized carbons (Fsp3) is 0.500. The minimum atomic E-state index is 0.0375. The molecule has 0 atom stereocenters. The Morgan fingerprint density at radius 1 is 1.03 bits per heavy atom. The lowest BCUT2D eigenvalue weighted by Crippen LogP contribution is -2.30. The van der Waals surface area contributed by atoms with E-state index in [0.29, 0.717) is 19.2 Å². The molecule has 2 aliphatic rings. The first-order valence-corrected chi connectivity index (χ1v) is 10.5. The predicted molar refractivity (Wildman–Crippen MR) is 115 cm³/mol. The zero-order valence-corrected chi connectivity index (χ0v) is 17.0. The summed E-state index contributed by atoms with van der Waals surface area (Å²) in [5.41, 5.74) is 2.64. The largest absolute Gasteiger partial charge is 0.381 e. The summed E-state index contributed by atoms with van der Waals surface area (Å²) in [4.78, 5) is 23.9. The van der Waals surface area contributed by atoms with E-state index in [1.807, 2.05) is 37.3 Å². The molecule has 2 aliphatic heterocycles. The number of anilines is 4. The molecule has 3 heterocycles. The average molecular weight is 396 g/mol. The lowest BCUT2D eigenvalue weighted by atomic mass is 9.99. The van der Waals surface area contributed by atoms with E-state index < -0.39 is 0 Å². The first kappa shape index (κ1) is 19.6. The van der Waals surface area contributed by atoms with Gasteiger partial charge in [0.2, 0.25) is 11.9 Å². The SMILES string of the molecule is Cc1cc(N2CCCCC2)nc(Nc2ccc(NC(=O)C3CCOCC3)cc2)n1. The number of nitrogens with one attached hydrogen (secondary N) is 2. The summed E-state index contributed by atoms with van der Waals surface area (Å²) >= 11 is 0. The Bertz CT molecular complexity index is 828. The van der Waals surface area contributed by atoms with Crippen LogP contribution in [0.5, 0.6) is 0 Å². The van der Waals surface area contributed by atoms with E-state index in [-0.39, 0.29) is 11.8 Å². The molecule has 0 aliphatic carbocycles. The molecule has 4 rings (SSSR count). The number of carbonyl (C=O) groups is 1. The molecule has 1 amide bonds. The van der Waals surface area contributed by atoms with Gasteiger partial charge in [0.05, 0.1) is 0 Å². The van der Waals surface area contributed by atoms with Gasteiger partial charge in [0.15, 0.2) is 0 Å². The van der Waals surface area contributed by atoms with Crippen LogP contribution >= 0.6 is 0 Å². The van der Waals surface area contributed by atoms with Gasteiger partial charge in [-0.1, -0.05) is 0 Å². The molecule has 29 heavy (non-hydrogen) atoms. The number of benzene rings is 1. The smallest absolute Gasteiger partial charge is 0.229 e. The van der Waals surface area contributed by atoms with Gasteiger partial charge in [0.1, 0.15) is 5.82 Å². The van der Waals surface area contributed by atoms with E-state index in [2.05, 4.69) is 20.5 Å². The number of aromatic nitrogens is 2. The Balaban J connectivity index is 1.39. The second kappa shape index (κ2) is 9.22. The molecule has 0 unspecified atom stereocenters. The van der Waals surface area contributed by atoms with Crippen molar-refractivity contribution in [1.82, 2.24) is 9.97 Å². The summed E-state index contributed by atoms with van der Waals surface area (Å²) in [6.07, 6.45) is 5.30. The third-order valence-electron chi connectivity index (χ3n) is 5.52. The Morgan fingerprint density at radius 3 is 2.45 bits per heavy atom. The van der Waals surface area contributed by atoms with Crippen LogP contribution < -0.4 is 15.5 Å². The summed E-state index contributed by atoms with van der Waals surface area (Å²) in [5, 5.41) is 6.29. The van der Waals surface area contributed by atoms with Gasteiger partial charge < -0.3 is 20.3 Å². The molecule has 0 bridgehead atoms. The first-order valence-electron chi connectivity index (χ1n) is 10.5. The highest BCUT2D eigenvalue weighted by atomic mass is 16.5. The van der Waals surface area contributed by atoms with E-state index >= 15 is 0 Å². The lowest BCUT2D eigenvalue weighted by Gasteiger charge is -2.28. The normalized spacial score (nSPS) is 17.8. The summed E-state index contributed by atoms with van der Waals surface area (Å²) in [7, 11) is 0. The molecule has 2 fully saturated rings. The van der Waals surface area contributed by atoms with Gasteiger partial charge in [0, 0.05) is 55.4 Å². The maximum Gasteiger partial charge on any atom is 0.229 e. The molecule has 2 saturated heterocycles. The summed E-state index contributed by atoms with van der Waals surface area (Å²) in [6.45, 7) is 5.43. The van der Waals surface area contributed by atoms with E-state index in [0.717, 1.165) is 48.8 Å². The molecular weight excluding hydrogens is 366 g/mol. The van der Waals surface area contributed by atoms with Gasteiger partial charge >= 0.3 is 0 Å². The Morgan fingerprint density at radius 2 is 1.72 bits per heavy atom. The van der Waals surface area contributed by atoms with E-state index in [1.54, 1.807) is 0 Å². The van der Waals surface area contributed by atoms with Crippen LogP contribution in [0.25, 0.3) is 0 Å². The van der Waals surface area contributed by atoms with Crippen LogP contribution in [0.15, 0.2) is 30.3 Å². The van der Waals surface area contributed by atoms with Gasteiger partial charge in [-0.3, -0.25) is 4.79 Å². The minimum Gasteiger partial charge on any atom is -0.381 e. The Hall–Kier alpha value is -2.67. The number of nitrogens with zero attached hydrogens (tertiary/aromatic N) is 3. The highest BCUT2D eigenvalue weighted by Crippen LogP contribution is 2.23. The molecule has 2 N–H and O–H groups in total. The number of hydrogen-bond donors (Lipinski definition) is 2. The van der Waals surface area contributed by atoms with Crippen LogP contribution in [-0.2, 0) is 9.53 Å². The van der Waals surface area contributed by atoms with Crippen molar-refractivity contribution in [2.24, 2.45) is 5.92 Å². The van der Waals surface area contributed by atoms with Crippen LogP contribution in [0.3, 0.4) is 0 Å². The molecule has 7 nitrogen and oxygen atoms in total. The van der Waals surface area contributed by atoms with Crippen molar-refractivity contribution in [1.29, 1.82) is 0 Å². The van der Waals surface area contributed by atoms with Crippen LogP contribution in [0, 0.1) is 12.8 Å². The van der Waals surface area contributed by atoms with Gasteiger partial charge in [-0.05, 0) is 63.3 Å². The van der Waals surface area contributed by atoms with Crippen LogP contribution in [0.1, 0.15) is 37.8 Å². The number of carbonyl (C=O) groups excluding carboxylic acids is 1. The van der Waals surface area contributed by atoms with Crippen molar-refractivity contribution >= 4 is 29.0 Å². The highest BCUT2D eigenvalue weighted by molar-refractivity contribution is 5.92. The number of hydrogen-bond acceptors (Lipinski definition) is 6. The molecule has 1 aromatic carbocycles. The molecule has 0 saturated carbocycles. The van der Waals surface area contributed by atoms with Crippen molar-refractivity contribution in [3.05, 3.63) is 36.0 Å². The minimum absolute atomic E-state index is 0.0375. The monoisotopic (exact) mass is 395 g/mol. The van der Waals surface area contributed by atoms with Crippen LogP contribution in [-0.4, -0.2) is 42.2 Å². The number of amides is 1. The topological polar surface area (TPSA) is 79.4 Å². The number of piperidine rings is 1. The van der Waals surface area contributed by atoms with Gasteiger partial charge in [0.25, 0.3) is 0 Å². The van der Waals surface area contributed by atoms with Gasteiger partial charge in [-0.2, -0.15) is 4.98 Å². The standard InChI is InChI=1S/C22H29N5O2/c1-16-15-20(27-11-3-2-4-12-27)26-22(23-16)25-19-7-5-18(6-8-19)24-21(28)17-9-13-29-14-10-17/h5-8,15,17H,2-4,9-14H2,1H3,(H,24,28)(H,23,25,26). The second-order valence-corrected chi connectivity index (χ2v) is 7.82. The van der Waals surface area contributed by atoms with Crippen molar-refractivity contribution < 1.29 is 9.53 Å². The highest BCUT2D eigenvalue weighted by Gasteiger charge is 2.21. The fourth-order valence-electron chi connectivity index (χ4n) is 3.86. The fourth-order valence-corrected chi connectivity index (χ4v) is 3.86. The molecule has 0 radical (unpaired) electrons. The summed E-state index contributed by atoms with van der Waals surface area (Å²) in [6, 6.07) is 9.73. The van der Waals surface area contributed by atoms with Gasteiger partial charge in [-0.15, -0.1) is 0 Å². The molecule has 0 spiro atoms. The maximum absolute atomic E-state index is 12.4. The number of ether oxygens (including phenoxy) is 1. The molecule has 154 valence electrons. The second-order valence-electron chi connectivity index (χ2n) is 7.82. The quantitative estimate of drug-likeness (QED) is 0.800. The van der Waals surface area contributed by atoms with Crippen molar-refractivity contribution in [3.63, 3.8) is 0 Å². The zero-order chi connectivity index (χ0) is 20.1. The lowest BCUT2D eigenvalue weighted by molar-refractivity contribution is -0.122. The van der Waals surface area contributed by atoms with Crippen LogP contribution in [0.4, 0.5) is 23.1 Å². The maximum atomic E-state index is 12.4. The van der Waals surface area contributed by atoms with Crippen molar-refractivity contribution in [3.8, 4) is 0 Å². The van der Waals surface area contributed by atoms with E-state index in [4.69, 9.17) is 9.72 Å². The Labute approximate surface area is 171 Å². The summed E-state index contributed by atoms with van der Waals surface area (Å²) in [5.74, 6) is 1.70. The van der Waals surface area contributed by atoms with Crippen LogP contribution in [0.2, 0.25) is 0 Å². The van der Waals surface area contributed by atoms with Gasteiger partial charge in [-0.25, -0.2) is 4.98 Å². The van der Waals surface area contributed by atoms with E-state index in [1.165, 1.54) is 19.3 Å². The molecular formula is C22H29N5O2. The van der Waals surface area contributed by atoms with E-state index in [9.17, 15) is 4.79 Å². The van der Waals surface area contributed by atoms with Crippen molar-refractivity contribution in [2.45, 2.75) is 39.0 Å². The Kier molecular flexibility index (Phi) is 6.24. The summed E-state index contributed by atoms with van der Waals surface area (Å²) < 4.78 is 5.32. The average Bonchev–Trinajstić information content (AvgIpc) is 2.76. The molecule has 2 aromatic rings. The van der Waals surface area contributed by atoms with Crippen molar-refractivity contribution in [2.75, 3.05) is 41.8 Å². The zero-order valence-electron chi connectivity index (χ0n) is 17.0. The predicted octanol–water partition coefficient (Wildman–Crippen LogP) is 3.88. The third-order valence-corrected chi connectivity index (χ3v) is 5.52. The molecule has 1 aromatic heterocycles.